The third-order valence-corrected chi connectivity index (χ3v) is 2.27. The lowest BCUT2D eigenvalue weighted by Gasteiger charge is -2.18. The number of benzene rings is 1. The molecule has 0 aliphatic carbocycles. The Balaban J connectivity index is 2.83. The van der Waals surface area contributed by atoms with Gasteiger partial charge in [-0.15, -0.1) is 0 Å². The van der Waals surface area contributed by atoms with E-state index < -0.39 is 5.97 Å². The van der Waals surface area contributed by atoms with Crippen molar-refractivity contribution in [2.24, 2.45) is 0 Å². The molecule has 0 saturated carbocycles. The zero-order valence-corrected chi connectivity index (χ0v) is 10.1. The predicted molar refractivity (Wildman–Crippen MR) is 67.5 cm³/mol. The number of likely N-dealkylation sites (N-methyl/N-ethyl adjacent to an activating group) is 1. The molecule has 0 aliphatic rings. The van der Waals surface area contributed by atoms with E-state index in [0.717, 1.165) is 12.1 Å². The van der Waals surface area contributed by atoms with Crippen molar-refractivity contribution in [3.8, 4) is 5.75 Å². The number of hydrogen-bond acceptors (Lipinski definition) is 4. The topological polar surface area (TPSA) is 75.8 Å². The third kappa shape index (κ3) is 3.86. The molecule has 0 saturated heterocycles. The highest BCUT2D eigenvalue weighted by atomic mass is 16.5. The minimum atomic E-state index is -0.875. The van der Waals surface area contributed by atoms with E-state index in [-0.39, 0.29) is 6.54 Å². The summed E-state index contributed by atoms with van der Waals surface area (Å²) < 4.78 is 5.48. The van der Waals surface area contributed by atoms with Crippen LogP contribution in [0, 0.1) is 0 Å². The minimum absolute atomic E-state index is 0.0584. The number of carboxylic acid groups (broad SMARTS) is 1. The first kappa shape index (κ1) is 13.2. The molecule has 17 heavy (non-hydrogen) atoms. The summed E-state index contributed by atoms with van der Waals surface area (Å²) >= 11 is 0. The van der Waals surface area contributed by atoms with Crippen LogP contribution in [0.5, 0.6) is 5.75 Å². The maximum Gasteiger partial charge on any atom is 0.323 e. The molecule has 3 N–H and O–H groups in total. The molecule has 0 unspecified atom stereocenters. The van der Waals surface area contributed by atoms with Crippen molar-refractivity contribution in [2.45, 2.75) is 13.3 Å². The highest BCUT2D eigenvalue weighted by Crippen LogP contribution is 2.27. The highest BCUT2D eigenvalue weighted by molar-refractivity contribution is 5.74. The van der Waals surface area contributed by atoms with Crippen LogP contribution >= 0.6 is 0 Å². The molecule has 0 atom stereocenters. The minimum Gasteiger partial charge on any atom is -0.491 e. The van der Waals surface area contributed by atoms with E-state index in [0.29, 0.717) is 18.0 Å². The Hall–Kier alpha value is -1.91. The van der Waals surface area contributed by atoms with Crippen molar-refractivity contribution >= 4 is 17.3 Å². The molecule has 0 aromatic heterocycles. The van der Waals surface area contributed by atoms with E-state index in [2.05, 4.69) is 0 Å². The van der Waals surface area contributed by atoms with Crippen LogP contribution < -0.4 is 15.4 Å². The van der Waals surface area contributed by atoms with E-state index in [4.69, 9.17) is 15.6 Å². The lowest BCUT2D eigenvalue weighted by Crippen LogP contribution is -2.25. The molecule has 0 fully saturated rings. The van der Waals surface area contributed by atoms with Crippen LogP contribution in [0.1, 0.15) is 13.3 Å². The number of aliphatic carboxylic acids is 1. The SMILES string of the molecule is CCCOc1cc(N(C)CC(=O)O)ccc1N. The van der Waals surface area contributed by atoms with Crippen molar-refractivity contribution in [2.75, 3.05) is 30.8 Å². The molecule has 0 amide bonds. The van der Waals surface area contributed by atoms with Gasteiger partial charge in [-0.05, 0) is 18.6 Å². The van der Waals surface area contributed by atoms with Gasteiger partial charge in [-0.1, -0.05) is 6.92 Å². The fourth-order valence-electron chi connectivity index (χ4n) is 1.39. The van der Waals surface area contributed by atoms with Gasteiger partial charge >= 0.3 is 5.97 Å². The summed E-state index contributed by atoms with van der Waals surface area (Å²) in [5, 5.41) is 8.71. The fraction of sp³-hybridized carbons (Fsp3) is 0.417. The van der Waals surface area contributed by atoms with Crippen molar-refractivity contribution < 1.29 is 14.6 Å². The zero-order valence-electron chi connectivity index (χ0n) is 10.1. The highest BCUT2D eigenvalue weighted by Gasteiger charge is 2.08. The predicted octanol–water partition coefficient (Wildman–Crippen LogP) is 1.58. The normalized spacial score (nSPS) is 10.0. The lowest BCUT2D eigenvalue weighted by molar-refractivity contribution is -0.135. The van der Waals surface area contributed by atoms with Crippen LogP contribution in [0.4, 0.5) is 11.4 Å². The number of anilines is 2. The maximum atomic E-state index is 10.6. The van der Waals surface area contributed by atoms with Gasteiger partial charge in [0, 0.05) is 18.8 Å². The first-order valence-electron chi connectivity index (χ1n) is 5.49. The van der Waals surface area contributed by atoms with Crippen LogP contribution in [0.15, 0.2) is 18.2 Å². The van der Waals surface area contributed by atoms with Gasteiger partial charge in [0.15, 0.2) is 0 Å². The van der Waals surface area contributed by atoms with Gasteiger partial charge in [-0.3, -0.25) is 4.79 Å². The number of carbonyl (C=O) groups is 1. The first-order chi connectivity index (χ1) is 8.04. The van der Waals surface area contributed by atoms with E-state index in [1.54, 1.807) is 30.1 Å². The average molecular weight is 238 g/mol. The standard InChI is InChI=1S/C12H18N2O3/c1-3-6-17-11-7-9(4-5-10(11)13)14(2)8-12(15)16/h4-5,7H,3,6,8,13H2,1-2H3,(H,15,16). The summed E-state index contributed by atoms with van der Waals surface area (Å²) in [5.41, 5.74) is 7.10. The summed E-state index contributed by atoms with van der Waals surface area (Å²) in [6, 6.07) is 5.25. The van der Waals surface area contributed by atoms with Crippen molar-refractivity contribution in [3.63, 3.8) is 0 Å². The van der Waals surface area contributed by atoms with Crippen molar-refractivity contribution in [1.82, 2.24) is 0 Å². The van der Waals surface area contributed by atoms with E-state index in [9.17, 15) is 4.79 Å². The number of nitrogen functional groups attached to an aromatic ring is 1. The molecule has 1 aromatic carbocycles. The zero-order chi connectivity index (χ0) is 12.8. The molecule has 1 aromatic rings. The van der Waals surface area contributed by atoms with Crippen molar-refractivity contribution in [3.05, 3.63) is 18.2 Å². The van der Waals surface area contributed by atoms with Gasteiger partial charge < -0.3 is 20.5 Å². The molecule has 5 nitrogen and oxygen atoms in total. The molecule has 0 aliphatic heterocycles. The second kappa shape index (κ2) is 5.98. The Morgan fingerprint density at radius 2 is 2.24 bits per heavy atom. The van der Waals surface area contributed by atoms with Crippen LogP contribution in [0.2, 0.25) is 0 Å². The van der Waals surface area contributed by atoms with E-state index in [1.807, 2.05) is 6.92 Å². The van der Waals surface area contributed by atoms with E-state index in [1.165, 1.54) is 0 Å². The average Bonchev–Trinajstić information content (AvgIpc) is 2.27. The van der Waals surface area contributed by atoms with Gasteiger partial charge in [0.25, 0.3) is 0 Å². The number of nitrogens with two attached hydrogens (primary N) is 1. The fourth-order valence-corrected chi connectivity index (χ4v) is 1.39. The number of rotatable bonds is 6. The summed E-state index contributed by atoms with van der Waals surface area (Å²) in [5.74, 6) is -0.276. The first-order valence-corrected chi connectivity index (χ1v) is 5.49. The van der Waals surface area contributed by atoms with Gasteiger partial charge in [-0.25, -0.2) is 0 Å². The summed E-state index contributed by atoms with van der Waals surface area (Å²) in [7, 11) is 1.71. The monoisotopic (exact) mass is 238 g/mol. The smallest absolute Gasteiger partial charge is 0.323 e. The molecule has 0 heterocycles. The lowest BCUT2D eigenvalue weighted by atomic mass is 10.2. The Morgan fingerprint density at radius 3 is 2.82 bits per heavy atom. The molecule has 94 valence electrons. The second-order valence-corrected chi connectivity index (χ2v) is 3.82. The number of nitrogens with zero attached hydrogens (tertiary/aromatic N) is 1. The van der Waals surface area contributed by atoms with E-state index >= 15 is 0 Å². The van der Waals surface area contributed by atoms with Crippen LogP contribution in [-0.4, -0.2) is 31.3 Å². The van der Waals surface area contributed by atoms with Gasteiger partial charge in [0.1, 0.15) is 12.3 Å². The number of carboxylic acids is 1. The largest absolute Gasteiger partial charge is 0.491 e. The Morgan fingerprint density at radius 1 is 1.53 bits per heavy atom. The Kier molecular flexibility index (Phi) is 4.63. The maximum absolute atomic E-state index is 10.6. The second-order valence-electron chi connectivity index (χ2n) is 3.82. The van der Waals surface area contributed by atoms with Crippen molar-refractivity contribution in [1.29, 1.82) is 0 Å². The van der Waals surface area contributed by atoms with Crippen LogP contribution in [-0.2, 0) is 4.79 Å². The number of ether oxygens (including phenoxy) is 1. The Bertz CT molecular complexity index is 393. The van der Waals surface area contributed by atoms with Crippen LogP contribution in [0.3, 0.4) is 0 Å². The summed E-state index contributed by atoms with van der Waals surface area (Å²) in [6.45, 7) is 2.55. The summed E-state index contributed by atoms with van der Waals surface area (Å²) in [4.78, 5) is 12.2. The number of hydrogen-bond donors (Lipinski definition) is 2. The molecule has 5 heteroatoms. The molecule has 1 rings (SSSR count). The Labute approximate surface area is 101 Å². The third-order valence-electron chi connectivity index (χ3n) is 2.27. The summed E-state index contributed by atoms with van der Waals surface area (Å²) in [6.07, 6.45) is 0.897. The van der Waals surface area contributed by atoms with Gasteiger partial charge in [-0.2, -0.15) is 0 Å². The molecule has 0 radical (unpaired) electrons. The molecular weight excluding hydrogens is 220 g/mol. The quantitative estimate of drug-likeness (QED) is 0.736. The van der Waals surface area contributed by atoms with Gasteiger partial charge in [0.2, 0.25) is 0 Å². The molecule has 0 spiro atoms. The van der Waals surface area contributed by atoms with Crippen LogP contribution in [0.25, 0.3) is 0 Å². The molecule has 0 bridgehead atoms. The molecular formula is C12H18N2O3. The van der Waals surface area contributed by atoms with Gasteiger partial charge in [0.05, 0.1) is 12.3 Å².